The Morgan fingerprint density at radius 3 is 1.45 bits per heavy atom. The van der Waals surface area contributed by atoms with Crippen LogP contribution in [0.4, 0.5) is 0 Å². The van der Waals surface area contributed by atoms with Crippen LogP contribution in [0.15, 0.2) is 140 Å². The van der Waals surface area contributed by atoms with Crippen molar-refractivity contribution in [3.8, 4) is 22.5 Å². The van der Waals surface area contributed by atoms with Gasteiger partial charge in [-0.05, 0) is 91.1 Å². The van der Waals surface area contributed by atoms with Gasteiger partial charge in [-0.1, -0.05) is 84.9 Å². The van der Waals surface area contributed by atoms with Gasteiger partial charge >= 0.3 is 0 Å². The standard InChI is InChI=1S/C43H38N2O2/c1-2-46-28-29-47-27-9-10-31-17-26-43-39(30-31)38-13-5-8-16-42(38)45(43)35-24-20-33(21-25-35)32-18-22-34(23-19-32)44-40-14-6-3-11-36(40)37-12-4-7-15-41(37)44/h3-8,11-26,30H,2,9-10,27-29H2,1H3. The molecule has 0 aliphatic rings. The summed E-state index contributed by atoms with van der Waals surface area (Å²) in [6, 6.07) is 50.9. The predicted molar refractivity (Wildman–Crippen MR) is 196 cm³/mol. The molecule has 0 saturated heterocycles. The molecule has 0 aliphatic heterocycles. The van der Waals surface area contributed by atoms with E-state index in [1.54, 1.807) is 0 Å². The van der Waals surface area contributed by atoms with Crippen molar-refractivity contribution >= 4 is 43.6 Å². The lowest BCUT2D eigenvalue weighted by molar-refractivity contribution is 0.0520. The van der Waals surface area contributed by atoms with Gasteiger partial charge in [0.2, 0.25) is 0 Å². The number of fused-ring (bicyclic) bond motifs is 6. The van der Waals surface area contributed by atoms with E-state index in [1.165, 1.54) is 66.0 Å². The van der Waals surface area contributed by atoms with Crippen LogP contribution in [0.25, 0.3) is 66.1 Å². The number of aromatic nitrogens is 2. The maximum Gasteiger partial charge on any atom is 0.0700 e. The second kappa shape index (κ2) is 12.9. The largest absolute Gasteiger partial charge is 0.379 e. The summed E-state index contributed by atoms with van der Waals surface area (Å²) in [5, 5.41) is 5.13. The molecule has 0 amide bonds. The maximum absolute atomic E-state index is 5.74. The molecule has 2 heterocycles. The molecule has 2 aromatic heterocycles. The van der Waals surface area contributed by atoms with Crippen LogP contribution in [0.3, 0.4) is 0 Å². The quantitative estimate of drug-likeness (QED) is 0.136. The number of ether oxygens (including phenoxy) is 2. The van der Waals surface area contributed by atoms with Crippen molar-refractivity contribution in [2.45, 2.75) is 19.8 Å². The Morgan fingerprint density at radius 2 is 0.915 bits per heavy atom. The molecule has 4 nitrogen and oxygen atoms in total. The zero-order chi connectivity index (χ0) is 31.6. The van der Waals surface area contributed by atoms with Crippen molar-refractivity contribution in [2.24, 2.45) is 0 Å². The molecule has 4 heteroatoms. The van der Waals surface area contributed by atoms with Crippen LogP contribution in [0.1, 0.15) is 18.9 Å². The van der Waals surface area contributed by atoms with Crippen LogP contribution in [-0.4, -0.2) is 35.6 Å². The fourth-order valence-electron chi connectivity index (χ4n) is 7.00. The van der Waals surface area contributed by atoms with Crippen LogP contribution in [0.2, 0.25) is 0 Å². The Balaban J connectivity index is 1.06. The highest BCUT2D eigenvalue weighted by Crippen LogP contribution is 2.35. The van der Waals surface area contributed by atoms with Crippen LogP contribution in [0, 0.1) is 0 Å². The second-order valence-electron chi connectivity index (χ2n) is 12.1. The van der Waals surface area contributed by atoms with Crippen molar-refractivity contribution in [1.29, 1.82) is 0 Å². The predicted octanol–water partition coefficient (Wildman–Crippen LogP) is 10.5. The maximum atomic E-state index is 5.74. The van der Waals surface area contributed by atoms with E-state index >= 15 is 0 Å². The summed E-state index contributed by atoms with van der Waals surface area (Å²) >= 11 is 0. The minimum absolute atomic E-state index is 0.660. The smallest absolute Gasteiger partial charge is 0.0700 e. The summed E-state index contributed by atoms with van der Waals surface area (Å²) in [6.45, 7) is 4.82. The Bertz CT molecular complexity index is 2260. The first kappa shape index (κ1) is 29.3. The Kier molecular flexibility index (Phi) is 8.04. The molecule has 0 spiro atoms. The molecule has 6 aromatic carbocycles. The van der Waals surface area contributed by atoms with E-state index in [0.29, 0.717) is 13.2 Å². The average molecular weight is 615 g/mol. The molecule has 0 saturated carbocycles. The average Bonchev–Trinajstić information content (AvgIpc) is 3.64. The van der Waals surface area contributed by atoms with E-state index in [-0.39, 0.29) is 0 Å². The van der Waals surface area contributed by atoms with E-state index in [1.807, 2.05) is 6.92 Å². The normalized spacial score (nSPS) is 11.8. The third-order valence-corrected chi connectivity index (χ3v) is 9.23. The number of benzene rings is 6. The number of nitrogens with zero attached hydrogens (tertiary/aromatic N) is 2. The minimum Gasteiger partial charge on any atom is -0.379 e. The first-order valence-electron chi connectivity index (χ1n) is 16.7. The Hall–Kier alpha value is -5.16. The number of hydrogen-bond acceptors (Lipinski definition) is 2. The van der Waals surface area contributed by atoms with Crippen LogP contribution in [-0.2, 0) is 15.9 Å². The second-order valence-corrected chi connectivity index (χ2v) is 12.1. The molecular weight excluding hydrogens is 576 g/mol. The number of para-hydroxylation sites is 3. The van der Waals surface area contributed by atoms with Gasteiger partial charge in [0, 0.05) is 46.1 Å². The van der Waals surface area contributed by atoms with Crippen molar-refractivity contribution in [3.63, 3.8) is 0 Å². The van der Waals surface area contributed by atoms with E-state index in [2.05, 4.69) is 149 Å². The van der Waals surface area contributed by atoms with Gasteiger partial charge < -0.3 is 18.6 Å². The summed E-state index contributed by atoms with van der Waals surface area (Å²) in [4.78, 5) is 0. The summed E-state index contributed by atoms with van der Waals surface area (Å²) in [6.07, 6.45) is 1.99. The molecule has 0 N–H and O–H groups in total. The van der Waals surface area contributed by atoms with E-state index in [9.17, 15) is 0 Å². The zero-order valence-corrected chi connectivity index (χ0v) is 26.7. The highest BCUT2D eigenvalue weighted by Gasteiger charge is 2.14. The van der Waals surface area contributed by atoms with Gasteiger partial charge in [0.1, 0.15) is 0 Å². The lowest BCUT2D eigenvalue weighted by Crippen LogP contribution is -2.05. The zero-order valence-electron chi connectivity index (χ0n) is 26.7. The molecule has 0 atom stereocenters. The third-order valence-electron chi connectivity index (χ3n) is 9.23. The Morgan fingerprint density at radius 1 is 0.447 bits per heavy atom. The van der Waals surface area contributed by atoms with Gasteiger partial charge in [-0.3, -0.25) is 0 Å². The minimum atomic E-state index is 0.660. The summed E-state index contributed by atoms with van der Waals surface area (Å²) in [5.74, 6) is 0. The highest BCUT2D eigenvalue weighted by molar-refractivity contribution is 6.10. The summed E-state index contributed by atoms with van der Waals surface area (Å²) in [7, 11) is 0. The van der Waals surface area contributed by atoms with E-state index in [0.717, 1.165) is 31.7 Å². The van der Waals surface area contributed by atoms with Crippen molar-refractivity contribution in [3.05, 3.63) is 145 Å². The molecule has 0 bridgehead atoms. The number of aryl methyl sites for hydroxylation is 1. The molecule has 0 aliphatic carbocycles. The van der Waals surface area contributed by atoms with Crippen LogP contribution >= 0.6 is 0 Å². The fourth-order valence-corrected chi connectivity index (χ4v) is 7.00. The fraction of sp³-hybridized carbons (Fsp3) is 0.163. The molecule has 232 valence electrons. The monoisotopic (exact) mass is 614 g/mol. The van der Waals surface area contributed by atoms with Gasteiger partial charge in [0.05, 0.1) is 35.3 Å². The molecule has 8 aromatic rings. The lowest BCUT2D eigenvalue weighted by Gasteiger charge is -2.11. The molecular formula is C43H38N2O2. The first-order valence-corrected chi connectivity index (χ1v) is 16.7. The van der Waals surface area contributed by atoms with Gasteiger partial charge in [-0.25, -0.2) is 0 Å². The molecule has 8 rings (SSSR count). The van der Waals surface area contributed by atoms with E-state index in [4.69, 9.17) is 9.47 Å². The summed E-state index contributed by atoms with van der Waals surface area (Å²) < 4.78 is 15.9. The molecule has 0 unspecified atom stereocenters. The van der Waals surface area contributed by atoms with Crippen molar-refractivity contribution in [1.82, 2.24) is 9.13 Å². The van der Waals surface area contributed by atoms with Crippen LogP contribution in [0.5, 0.6) is 0 Å². The van der Waals surface area contributed by atoms with Crippen molar-refractivity contribution in [2.75, 3.05) is 26.4 Å². The topological polar surface area (TPSA) is 28.3 Å². The highest BCUT2D eigenvalue weighted by atomic mass is 16.5. The van der Waals surface area contributed by atoms with Crippen LogP contribution < -0.4 is 0 Å². The van der Waals surface area contributed by atoms with Gasteiger partial charge in [0.25, 0.3) is 0 Å². The van der Waals surface area contributed by atoms with Gasteiger partial charge in [-0.15, -0.1) is 0 Å². The SMILES string of the molecule is CCOCCOCCCc1ccc2c(c1)c1ccccc1n2-c1ccc(-c2ccc(-n3c4ccccc4c4ccccc43)cc2)cc1. The van der Waals surface area contributed by atoms with Gasteiger partial charge in [-0.2, -0.15) is 0 Å². The molecule has 47 heavy (non-hydrogen) atoms. The van der Waals surface area contributed by atoms with Gasteiger partial charge in [0.15, 0.2) is 0 Å². The van der Waals surface area contributed by atoms with E-state index < -0.39 is 0 Å². The number of hydrogen-bond donors (Lipinski definition) is 0. The first-order chi connectivity index (χ1) is 23.3. The third kappa shape index (κ3) is 5.50. The number of rotatable bonds is 11. The lowest BCUT2D eigenvalue weighted by atomic mass is 10.0. The summed E-state index contributed by atoms with van der Waals surface area (Å²) in [5.41, 5.74) is 11.0. The van der Waals surface area contributed by atoms with Crippen molar-refractivity contribution < 1.29 is 9.47 Å². The Labute approximate surface area is 275 Å². The molecule has 0 radical (unpaired) electrons. The molecule has 0 fully saturated rings.